The van der Waals surface area contributed by atoms with Gasteiger partial charge >= 0.3 is 6.09 Å². The van der Waals surface area contributed by atoms with Crippen molar-refractivity contribution in [2.45, 2.75) is 25.7 Å². The predicted molar refractivity (Wildman–Crippen MR) is 134 cm³/mol. The first-order valence-corrected chi connectivity index (χ1v) is 11.8. The summed E-state index contributed by atoms with van der Waals surface area (Å²) in [5.41, 5.74) is 1.94. The molecule has 2 aromatic carbocycles. The van der Waals surface area contributed by atoms with E-state index in [0.717, 1.165) is 25.2 Å². The van der Waals surface area contributed by atoms with Gasteiger partial charge in [0.2, 0.25) is 12.8 Å². The lowest BCUT2D eigenvalue weighted by Gasteiger charge is -2.39. The zero-order chi connectivity index (χ0) is 25.2. The van der Waals surface area contributed by atoms with E-state index in [4.69, 9.17) is 9.47 Å². The first kappa shape index (κ1) is 23.7. The molecule has 10 nitrogen and oxygen atoms in total. The number of benzene rings is 2. The molecule has 1 fully saturated rings. The second-order valence-electron chi connectivity index (χ2n) is 9.07. The van der Waals surface area contributed by atoms with Crippen molar-refractivity contribution in [3.63, 3.8) is 0 Å². The van der Waals surface area contributed by atoms with Crippen molar-refractivity contribution in [1.29, 1.82) is 0 Å². The molecule has 190 valence electrons. The minimum Gasteiger partial charge on any atom is -0.465 e. The van der Waals surface area contributed by atoms with E-state index in [2.05, 4.69) is 39.4 Å². The summed E-state index contributed by atoms with van der Waals surface area (Å²) in [7, 11) is 2.08. The molecule has 5 rings (SSSR count). The number of guanidine groups is 1. The number of aliphatic imine (C=N–C) groups is 1. The molecule has 0 bridgehead atoms. The number of halogens is 1. The lowest BCUT2D eigenvalue weighted by atomic mass is 10.1. The molecule has 36 heavy (non-hydrogen) atoms. The Bertz CT molecular complexity index is 1210. The quantitative estimate of drug-likeness (QED) is 0.581. The van der Waals surface area contributed by atoms with Crippen LogP contribution in [0.25, 0.3) is 0 Å². The summed E-state index contributed by atoms with van der Waals surface area (Å²) in [6.45, 7) is 4.99. The molecule has 0 aliphatic carbocycles. The van der Waals surface area contributed by atoms with Gasteiger partial charge in [0, 0.05) is 44.1 Å². The summed E-state index contributed by atoms with van der Waals surface area (Å²) >= 11 is 0. The number of nitrogens with zero attached hydrogens (tertiary/aromatic N) is 4. The van der Waals surface area contributed by atoms with Crippen LogP contribution in [0, 0.1) is 5.82 Å². The zero-order valence-corrected chi connectivity index (χ0v) is 20.1. The predicted octanol–water partition coefficient (Wildman–Crippen LogP) is 3.09. The van der Waals surface area contributed by atoms with Crippen LogP contribution in [0.15, 0.2) is 53.7 Å². The van der Waals surface area contributed by atoms with Gasteiger partial charge in [0.15, 0.2) is 11.5 Å². The fraction of sp³-hybridized carbons (Fsp3) is 0.360. The largest absolute Gasteiger partial charge is 0.465 e. The number of anilines is 2. The molecule has 3 heterocycles. The fourth-order valence-electron chi connectivity index (χ4n) is 4.51. The van der Waals surface area contributed by atoms with Gasteiger partial charge in [0.05, 0.1) is 5.69 Å². The maximum absolute atomic E-state index is 15.2. The minimum absolute atomic E-state index is 0.164. The van der Waals surface area contributed by atoms with Crippen LogP contribution in [-0.2, 0) is 6.54 Å². The Kier molecular flexibility index (Phi) is 6.55. The first-order valence-electron chi connectivity index (χ1n) is 11.8. The van der Waals surface area contributed by atoms with Crippen LogP contribution < -0.4 is 25.0 Å². The molecular weight excluding hydrogens is 467 g/mol. The second kappa shape index (κ2) is 9.94. The van der Waals surface area contributed by atoms with E-state index in [1.54, 1.807) is 23.1 Å². The van der Waals surface area contributed by atoms with Gasteiger partial charge < -0.3 is 34.6 Å². The van der Waals surface area contributed by atoms with Crippen LogP contribution in [0.1, 0.15) is 12.5 Å². The molecule has 2 aromatic rings. The monoisotopic (exact) mass is 496 g/mol. The molecule has 0 aromatic heterocycles. The summed E-state index contributed by atoms with van der Waals surface area (Å²) in [5, 5.41) is 15.0. The number of likely N-dealkylation sites (N-methyl/N-ethyl adjacent to an activating group) is 1. The summed E-state index contributed by atoms with van der Waals surface area (Å²) in [4.78, 5) is 21.9. The van der Waals surface area contributed by atoms with Gasteiger partial charge in [-0.05, 0) is 55.9 Å². The number of amides is 1. The molecular formula is C25H29FN6O4. The van der Waals surface area contributed by atoms with Crippen LogP contribution in [0.3, 0.4) is 0 Å². The third kappa shape index (κ3) is 5.01. The number of carboxylic acid groups (broad SMARTS) is 1. The molecule has 3 aliphatic rings. The molecule has 1 saturated heterocycles. The smallest absolute Gasteiger partial charge is 0.406 e. The molecule has 0 radical (unpaired) electrons. The van der Waals surface area contributed by atoms with E-state index in [-0.39, 0.29) is 12.6 Å². The van der Waals surface area contributed by atoms with Crippen LogP contribution in [0.5, 0.6) is 11.5 Å². The Hall–Kier alpha value is -3.99. The number of hydrogen-bond acceptors (Lipinski definition) is 8. The van der Waals surface area contributed by atoms with E-state index < -0.39 is 12.3 Å². The Morgan fingerprint density at radius 3 is 2.81 bits per heavy atom. The normalized spacial score (nSPS) is 21.4. The molecule has 2 unspecified atom stereocenters. The number of carbonyl (C=O) groups is 1. The van der Waals surface area contributed by atoms with Gasteiger partial charge in [0.25, 0.3) is 0 Å². The van der Waals surface area contributed by atoms with Gasteiger partial charge in [-0.1, -0.05) is 6.07 Å². The van der Waals surface area contributed by atoms with Crippen LogP contribution >= 0.6 is 0 Å². The van der Waals surface area contributed by atoms with Crippen LogP contribution in [-0.4, -0.2) is 72.6 Å². The van der Waals surface area contributed by atoms with Gasteiger partial charge in [-0.3, -0.25) is 5.32 Å². The fourth-order valence-corrected chi connectivity index (χ4v) is 4.51. The number of nitrogens with one attached hydrogen (secondary N) is 2. The van der Waals surface area contributed by atoms with Crippen molar-refractivity contribution >= 4 is 23.4 Å². The van der Waals surface area contributed by atoms with Crippen molar-refractivity contribution in [2.24, 2.45) is 4.99 Å². The van der Waals surface area contributed by atoms with Gasteiger partial charge in [-0.15, -0.1) is 0 Å². The van der Waals surface area contributed by atoms with Crippen molar-refractivity contribution in [1.82, 2.24) is 15.1 Å². The Balaban J connectivity index is 1.35. The lowest BCUT2D eigenvalue weighted by Crippen LogP contribution is -2.52. The Morgan fingerprint density at radius 1 is 1.19 bits per heavy atom. The molecule has 11 heteroatoms. The van der Waals surface area contributed by atoms with E-state index in [1.807, 2.05) is 18.2 Å². The Labute approximate surface area is 208 Å². The number of fused-ring (bicyclic) bond motifs is 1. The van der Waals surface area contributed by atoms with Gasteiger partial charge in [0.1, 0.15) is 12.0 Å². The molecule has 3 N–H and O–H groups in total. The van der Waals surface area contributed by atoms with Crippen molar-refractivity contribution in [3.8, 4) is 11.5 Å². The summed E-state index contributed by atoms with van der Waals surface area (Å²) in [5.74, 6) is 1.35. The summed E-state index contributed by atoms with van der Waals surface area (Å²) < 4.78 is 26.0. The average molecular weight is 497 g/mol. The van der Waals surface area contributed by atoms with E-state index in [0.29, 0.717) is 41.4 Å². The maximum atomic E-state index is 15.2. The molecule has 3 aliphatic heterocycles. The van der Waals surface area contributed by atoms with E-state index in [9.17, 15) is 9.90 Å². The highest BCUT2D eigenvalue weighted by Gasteiger charge is 2.27. The van der Waals surface area contributed by atoms with Crippen molar-refractivity contribution in [2.75, 3.05) is 43.7 Å². The molecule has 0 saturated carbocycles. The summed E-state index contributed by atoms with van der Waals surface area (Å²) in [6.07, 6.45) is 1.32. The highest BCUT2D eigenvalue weighted by molar-refractivity contribution is 5.95. The molecule has 0 spiro atoms. The van der Waals surface area contributed by atoms with Crippen molar-refractivity contribution in [3.05, 3.63) is 60.1 Å². The standard InChI is InChI=1S/C25H29FN6O4/c1-16-13-31(10-9-30(16)2)20-5-4-18(12-19(20)26)28-24-27-8-7-23(29-25(33)34)32(24)14-17-3-6-21-22(11-17)36-15-35-21/h3-8,11-12,16,23,29H,9-10,13-15H2,1-2H3,(H,27,28)(H,33,34). The molecule has 2 atom stereocenters. The highest BCUT2D eigenvalue weighted by atomic mass is 19.1. The van der Waals surface area contributed by atoms with Crippen molar-refractivity contribution < 1.29 is 23.8 Å². The average Bonchev–Trinajstić information content (AvgIpc) is 3.31. The summed E-state index contributed by atoms with van der Waals surface area (Å²) in [6, 6.07) is 10.9. The first-order chi connectivity index (χ1) is 17.4. The molecule has 1 amide bonds. The number of hydrogen-bond donors (Lipinski definition) is 3. The van der Waals surface area contributed by atoms with E-state index in [1.165, 1.54) is 12.3 Å². The number of piperazine rings is 1. The van der Waals surface area contributed by atoms with E-state index >= 15 is 4.39 Å². The Morgan fingerprint density at radius 2 is 2.03 bits per heavy atom. The number of ether oxygens (including phenoxy) is 2. The third-order valence-corrected chi connectivity index (χ3v) is 6.64. The maximum Gasteiger partial charge on any atom is 0.406 e. The van der Waals surface area contributed by atoms with Gasteiger partial charge in [-0.2, -0.15) is 0 Å². The minimum atomic E-state index is -1.17. The highest BCUT2D eigenvalue weighted by Crippen LogP contribution is 2.33. The van der Waals surface area contributed by atoms with Gasteiger partial charge in [-0.25, -0.2) is 14.2 Å². The topological polar surface area (TPSA) is 102 Å². The number of rotatable bonds is 5. The second-order valence-corrected chi connectivity index (χ2v) is 9.07. The lowest BCUT2D eigenvalue weighted by molar-refractivity contribution is 0.173. The van der Waals surface area contributed by atoms with Crippen LogP contribution in [0.4, 0.5) is 20.6 Å². The third-order valence-electron chi connectivity index (χ3n) is 6.64. The van der Waals surface area contributed by atoms with Crippen LogP contribution in [0.2, 0.25) is 0 Å². The SMILES string of the molecule is CC1CN(c2ccc(NC3=NC=CC(NC(=O)O)N3Cc3ccc4c(c3)OCO4)cc2F)CCN1C. The zero-order valence-electron chi connectivity index (χ0n) is 20.1.